The molecule has 0 amide bonds. The zero-order chi connectivity index (χ0) is 20.3. The average Bonchev–Trinajstić information content (AvgIpc) is 2.63. The maximum absolute atomic E-state index is 11.1. The second-order valence-electron chi connectivity index (χ2n) is 6.44. The number of unbranched alkanes of at least 4 members (excludes halogenated alkanes) is 7. The summed E-state index contributed by atoms with van der Waals surface area (Å²) >= 11 is 0. The molecule has 0 aromatic rings. The summed E-state index contributed by atoms with van der Waals surface area (Å²) < 4.78 is 0. The van der Waals surface area contributed by atoms with Crippen molar-refractivity contribution in [1.82, 2.24) is 0 Å². The van der Waals surface area contributed by atoms with Gasteiger partial charge in [-0.15, -0.1) is 0 Å². The molecule has 1 atom stereocenters. The van der Waals surface area contributed by atoms with Crippen LogP contribution in [0, 0.1) is 20.2 Å². The van der Waals surface area contributed by atoms with Gasteiger partial charge in [0, 0.05) is 17.8 Å². The molecular weight excluding hydrogens is 348 g/mol. The van der Waals surface area contributed by atoms with Crippen molar-refractivity contribution in [3.8, 4) is 0 Å². The lowest BCUT2D eigenvalue weighted by Crippen LogP contribution is -2.16. The fourth-order valence-electron chi connectivity index (χ4n) is 2.53. The molecule has 0 saturated carbocycles. The molecular formula is C20H32N2O5. The van der Waals surface area contributed by atoms with Crippen molar-refractivity contribution >= 4 is 6.29 Å². The third-order valence-electron chi connectivity index (χ3n) is 4.09. The highest BCUT2D eigenvalue weighted by atomic mass is 16.6. The normalized spacial score (nSPS) is 13.3. The number of carbonyl (C=O) groups excluding carboxylic acids is 1. The maximum atomic E-state index is 11.1. The summed E-state index contributed by atoms with van der Waals surface area (Å²) in [7, 11) is 0. The van der Waals surface area contributed by atoms with E-state index in [1.54, 1.807) is 6.08 Å². The number of aldehydes is 1. The molecule has 0 aliphatic carbocycles. The van der Waals surface area contributed by atoms with Crippen LogP contribution < -0.4 is 0 Å². The van der Waals surface area contributed by atoms with Crippen LogP contribution in [0.5, 0.6) is 0 Å². The van der Waals surface area contributed by atoms with Gasteiger partial charge < -0.3 is 4.79 Å². The van der Waals surface area contributed by atoms with E-state index in [1.165, 1.54) is 6.08 Å². The van der Waals surface area contributed by atoms with E-state index in [1.807, 2.05) is 19.1 Å². The van der Waals surface area contributed by atoms with Crippen molar-refractivity contribution in [1.29, 1.82) is 0 Å². The van der Waals surface area contributed by atoms with Crippen LogP contribution in [0.2, 0.25) is 0 Å². The van der Waals surface area contributed by atoms with Crippen LogP contribution in [0.25, 0.3) is 0 Å². The van der Waals surface area contributed by atoms with E-state index in [0.717, 1.165) is 57.3 Å². The molecule has 7 nitrogen and oxygen atoms in total. The molecule has 0 rings (SSSR count). The molecule has 0 aromatic heterocycles. The Bertz CT molecular complexity index is 526. The Balaban J connectivity index is 4.36. The van der Waals surface area contributed by atoms with E-state index in [2.05, 4.69) is 0 Å². The summed E-state index contributed by atoms with van der Waals surface area (Å²) in [5, 5.41) is 22.2. The van der Waals surface area contributed by atoms with Gasteiger partial charge in [0.15, 0.2) is 0 Å². The van der Waals surface area contributed by atoms with Crippen LogP contribution in [0.15, 0.2) is 36.1 Å². The van der Waals surface area contributed by atoms with Crippen molar-refractivity contribution in [2.75, 3.05) is 0 Å². The van der Waals surface area contributed by atoms with E-state index in [-0.39, 0.29) is 12.1 Å². The lowest BCUT2D eigenvalue weighted by Gasteiger charge is -2.01. The molecule has 27 heavy (non-hydrogen) atoms. The van der Waals surface area contributed by atoms with Crippen molar-refractivity contribution in [3.63, 3.8) is 0 Å². The predicted octanol–water partition coefficient (Wildman–Crippen LogP) is 5.41. The maximum Gasteiger partial charge on any atom is 0.256 e. The van der Waals surface area contributed by atoms with Crippen molar-refractivity contribution in [2.45, 2.75) is 83.6 Å². The highest BCUT2D eigenvalue weighted by Gasteiger charge is 2.20. The number of nitrogens with zero attached hydrogens (tertiary/aromatic N) is 2. The van der Waals surface area contributed by atoms with Gasteiger partial charge in [-0.1, -0.05) is 50.8 Å². The molecule has 0 spiro atoms. The lowest BCUT2D eigenvalue weighted by atomic mass is 10.1. The van der Waals surface area contributed by atoms with Crippen LogP contribution in [0.1, 0.15) is 77.6 Å². The Morgan fingerprint density at radius 3 is 2.22 bits per heavy atom. The molecule has 152 valence electrons. The number of nitro groups is 2. The fraction of sp³-hybridized carbons (Fsp3) is 0.650. The van der Waals surface area contributed by atoms with Crippen LogP contribution >= 0.6 is 0 Å². The summed E-state index contributed by atoms with van der Waals surface area (Å²) in [6.07, 6.45) is 18.2. The fourth-order valence-corrected chi connectivity index (χ4v) is 2.53. The summed E-state index contributed by atoms with van der Waals surface area (Å²) in [6.45, 7) is 2.00. The molecule has 0 aromatic carbocycles. The summed E-state index contributed by atoms with van der Waals surface area (Å²) in [5.74, 6) is 0. The molecule has 0 saturated heterocycles. The van der Waals surface area contributed by atoms with Gasteiger partial charge in [0.2, 0.25) is 5.70 Å². The van der Waals surface area contributed by atoms with Gasteiger partial charge in [-0.2, -0.15) is 0 Å². The topological polar surface area (TPSA) is 103 Å². The Morgan fingerprint density at radius 1 is 0.926 bits per heavy atom. The zero-order valence-electron chi connectivity index (χ0n) is 16.3. The molecule has 0 bridgehead atoms. The SMILES string of the molecule is CCCCC/C(=C/C(/C=C/C/C=C/CCCCCCC=O)[N+](=O)[O-])[N+](=O)[O-]. The Hall–Kier alpha value is -2.31. The number of hydrogen-bond donors (Lipinski definition) is 0. The first-order valence-corrected chi connectivity index (χ1v) is 9.76. The number of allylic oxidation sites excluding steroid dienone is 4. The Labute approximate surface area is 161 Å². The van der Waals surface area contributed by atoms with Crippen molar-refractivity contribution in [3.05, 3.63) is 56.3 Å². The van der Waals surface area contributed by atoms with Gasteiger partial charge in [0.1, 0.15) is 6.29 Å². The minimum absolute atomic E-state index is 0.0834. The second-order valence-corrected chi connectivity index (χ2v) is 6.44. The van der Waals surface area contributed by atoms with Crippen LogP contribution in [0.3, 0.4) is 0 Å². The van der Waals surface area contributed by atoms with E-state index in [0.29, 0.717) is 19.3 Å². The van der Waals surface area contributed by atoms with Gasteiger partial charge in [0.25, 0.3) is 6.04 Å². The van der Waals surface area contributed by atoms with Crippen molar-refractivity contribution < 1.29 is 14.6 Å². The van der Waals surface area contributed by atoms with Gasteiger partial charge in [0.05, 0.1) is 11.0 Å². The monoisotopic (exact) mass is 380 g/mol. The number of carbonyl (C=O) groups is 1. The molecule has 7 heteroatoms. The second kappa shape index (κ2) is 17.1. The highest BCUT2D eigenvalue weighted by Crippen LogP contribution is 2.12. The standard InChI is InChI=1S/C20H32N2O5/c1-2-3-12-15-19(21(24)25)18-20(22(26)27)16-13-10-8-6-4-5-7-9-11-14-17-23/h6,8,13,16-18,20H,2-5,7,9-12,14-15H2,1H3/b8-6+,16-13+,19-18-. The zero-order valence-corrected chi connectivity index (χ0v) is 16.3. The molecule has 0 radical (unpaired) electrons. The van der Waals surface area contributed by atoms with Gasteiger partial charge >= 0.3 is 0 Å². The lowest BCUT2D eigenvalue weighted by molar-refractivity contribution is -0.499. The molecule has 0 aliphatic heterocycles. The van der Waals surface area contributed by atoms with Gasteiger partial charge in [-0.05, 0) is 38.2 Å². The Morgan fingerprint density at radius 2 is 1.63 bits per heavy atom. The van der Waals surface area contributed by atoms with E-state index < -0.39 is 15.9 Å². The Kier molecular flexibility index (Phi) is 15.7. The summed E-state index contributed by atoms with van der Waals surface area (Å²) in [4.78, 5) is 31.4. The molecule has 0 heterocycles. The van der Waals surface area contributed by atoms with Gasteiger partial charge in [-0.3, -0.25) is 20.2 Å². The molecule has 1 unspecified atom stereocenters. The molecule has 0 N–H and O–H groups in total. The largest absolute Gasteiger partial charge is 0.303 e. The number of rotatable bonds is 17. The highest BCUT2D eigenvalue weighted by molar-refractivity contribution is 5.48. The quantitative estimate of drug-likeness (QED) is 0.110. The first-order chi connectivity index (χ1) is 13.0. The molecule has 0 aliphatic rings. The van der Waals surface area contributed by atoms with E-state index >= 15 is 0 Å². The van der Waals surface area contributed by atoms with E-state index in [4.69, 9.17) is 0 Å². The first kappa shape index (κ1) is 24.7. The minimum Gasteiger partial charge on any atom is -0.303 e. The minimum atomic E-state index is -1.17. The molecule has 0 fully saturated rings. The van der Waals surface area contributed by atoms with Crippen LogP contribution in [-0.4, -0.2) is 22.2 Å². The third-order valence-corrected chi connectivity index (χ3v) is 4.09. The van der Waals surface area contributed by atoms with Crippen LogP contribution in [0.4, 0.5) is 0 Å². The summed E-state index contributed by atoms with van der Waals surface area (Å²) in [6, 6.07) is -1.17. The first-order valence-electron chi connectivity index (χ1n) is 9.76. The van der Waals surface area contributed by atoms with Crippen molar-refractivity contribution in [2.24, 2.45) is 0 Å². The summed E-state index contributed by atoms with van der Waals surface area (Å²) in [5.41, 5.74) is -0.0834. The average molecular weight is 380 g/mol. The van der Waals surface area contributed by atoms with E-state index in [9.17, 15) is 25.0 Å². The predicted molar refractivity (Wildman–Crippen MR) is 107 cm³/mol. The third kappa shape index (κ3) is 14.5. The van der Waals surface area contributed by atoms with Crippen LogP contribution in [-0.2, 0) is 4.79 Å². The smallest absolute Gasteiger partial charge is 0.256 e. The number of hydrogen-bond acceptors (Lipinski definition) is 5. The van der Waals surface area contributed by atoms with Gasteiger partial charge in [-0.25, -0.2) is 0 Å².